The van der Waals surface area contributed by atoms with Crippen LogP contribution in [0.5, 0.6) is 0 Å². The van der Waals surface area contributed by atoms with Gasteiger partial charge in [0.05, 0.1) is 0 Å². The Balaban J connectivity index is 1.45. The summed E-state index contributed by atoms with van der Waals surface area (Å²) in [6, 6.07) is 32.3. The summed E-state index contributed by atoms with van der Waals surface area (Å²) >= 11 is 0. The SMILES string of the molecule is Cc1cc(-c2ccc(-c3cccnc3)cc2)cc(-c2ccc(-c3cccnc3)cc2)c1. The molecular weight excluding hydrogens is 376 g/mol. The van der Waals surface area contributed by atoms with Crippen LogP contribution in [0.2, 0.25) is 0 Å². The van der Waals surface area contributed by atoms with Gasteiger partial charge in [-0.25, -0.2) is 0 Å². The van der Waals surface area contributed by atoms with Crippen molar-refractivity contribution >= 4 is 0 Å². The van der Waals surface area contributed by atoms with Crippen molar-refractivity contribution in [2.75, 3.05) is 0 Å². The number of rotatable bonds is 4. The van der Waals surface area contributed by atoms with Gasteiger partial charge < -0.3 is 0 Å². The normalized spacial score (nSPS) is 10.7. The molecule has 0 aliphatic rings. The zero-order chi connectivity index (χ0) is 21.0. The first-order valence-electron chi connectivity index (χ1n) is 10.4. The molecule has 0 aliphatic carbocycles. The number of pyridine rings is 2. The molecule has 148 valence electrons. The van der Waals surface area contributed by atoms with E-state index in [1.54, 1.807) is 12.4 Å². The fourth-order valence-corrected chi connectivity index (χ4v) is 3.89. The van der Waals surface area contributed by atoms with E-state index in [0.29, 0.717) is 0 Å². The average molecular weight is 399 g/mol. The highest BCUT2D eigenvalue weighted by Crippen LogP contribution is 2.31. The van der Waals surface area contributed by atoms with Crippen LogP contribution in [0, 0.1) is 6.92 Å². The summed E-state index contributed by atoms with van der Waals surface area (Å²) in [5, 5.41) is 0. The molecule has 2 aromatic heterocycles. The lowest BCUT2D eigenvalue weighted by Gasteiger charge is -2.10. The van der Waals surface area contributed by atoms with Crippen molar-refractivity contribution in [1.82, 2.24) is 9.97 Å². The quantitative estimate of drug-likeness (QED) is 0.314. The third kappa shape index (κ3) is 4.15. The van der Waals surface area contributed by atoms with Gasteiger partial charge in [-0.15, -0.1) is 0 Å². The van der Waals surface area contributed by atoms with Crippen LogP contribution in [0.4, 0.5) is 0 Å². The molecule has 0 saturated carbocycles. The Hall–Kier alpha value is -4.04. The van der Waals surface area contributed by atoms with Crippen molar-refractivity contribution in [3.8, 4) is 44.5 Å². The number of hydrogen-bond donors (Lipinski definition) is 0. The molecule has 0 spiro atoms. The monoisotopic (exact) mass is 398 g/mol. The average Bonchev–Trinajstić information content (AvgIpc) is 2.85. The molecule has 0 N–H and O–H groups in total. The topological polar surface area (TPSA) is 25.8 Å². The van der Waals surface area contributed by atoms with Gasteiger partial charge in [-0.2, -0.15) is 0 Å². The summed E-state index contributed by atoms with van der Waals surface area (Å²) in [6.07, 6.45) is 7.40. The van der Waals surface area contributed by atoms with E-state index in [1.165, 1.54) is 38.9 Å². The number of nitrogens with zero attached hydrogens (tertiary/aromatic N) is 2. The maximum absolute atomic E-state index is 4.22. The fourth-order valence-electron chi connectivity index (χ4n) is 3.89. The minimum Gasteiger partial charge on any atom is -0.264 e. The molecule has 0 saturated heterocycles. The van der Waals surface area contributed by atoms with Crippen molar-refractivity contribution in [1.29, 1.82) is 0 Å². The molecular formula is C29H22N2. The molecule has 2 nitrogen and oxygen atoms in total. The number of aromatic nitrogens is 2. The maximum atomic E-state index is 4.22. The van der Waals surface area contributed by atoms with E-state index in [0.717, 1.165) is 11.1 Å². The molecule has 0 unspecified atom stereocenters. The van der Waals surface area contributed by atoms with E-state index in [9.17, 15) is 0 Å². The largest absolute Gasteiger partial charge is 0.264 e. The van der Waals surface area contributed by atoms with E-state index >= 15 is 0 Å². The Bertz CT molecular complexity index is 1190. The standard InChI is InChI=1S/C29H22N2/c1-21-16-28(24-10-6-22(7-11-24)26-4-2-14-30-19-26)18-29(17-21)25-12-8-23(9-13-25)27-5-3-15-31-20-27/h2-20H,1H3. The Morgan fingerprint density at radius 1 is 0.419 bits per heavy atom. The van der Waals surface area contributed by atoms with Gasteiger partial charge in [0.15, 0.2) is 0 Å². The predicted octanol–water partition coefficient (Wildman–Crippen LogP) is 7.45. The van der Waals surface area contributed by atoms with Gasteiger partial charge in [0, 0.05) is 24.8 Å². The molecule has 31 heavy (non-hydrogen) atoms. The third-order valence-electron chi connectivity index (χ3n) is 5.50. The molecule has 0 radical (unpaired) electrons. The van der Waals surface area contributed by atoms with E-state index < -0.39 is 0 Å². The first kappa shape index (κ1) is 19.0. The van der Waals surface area contributed by atoms with E-state index in [1.807, 2.05) is 24.5 Å². The lowest BCUT2D eigenvalue weighted by atomic mass is 9.94. The van der Waals surface area contributed by atoms with Crippen LogP contribution in [0.1, 0.15) is 5.56 Å². The first-order chi connectivity index (χ1) is 15.3. The smallest absolute Gasteiger partial charge is 0.0346 e. The second-order valence-electron chi connectivity index (χ2n) is 7.73. The predicted molar refractivity (Wildman–Crippen MR) is 129 cm³/mol. The lowest BCUT2D eigenvalue weighted by Crippen LogP contribution is -1.86. The molecule has 0 amide bonds. The van der Waals surface area contributed by atoms with Gasteiger partial charge in [0.25, 0.3) is 0 Å². The van der Waals surface area contributed by atoms with Gasteiger partial charge in [-0.3, -0.25) is 9.97 Å². The van der Waals surface area contributed by atoms with E-state index in [4.69, 9.17) is 0 Å². The second kappa shape index (κ2) is 8.37. The van der Waals surface area contributed by atoms with Gasteiger partial charge in [0.1, 0.15) is 0 Å². The van der Waals surface area contributed by atoms with Crippen molar-refractivity contribution in [3.63, 3.8) is 0 Å². The summed E-state index contributed by atoms with van der Waals surface area (Å²) in [5.74, 6) is 0. The Morgan fingerprint density at radius 3 is 1.16 bits per heavy atom. The lowest BCUT2D eigenvalue weighted by molar-refractivity contribution is 1.33. The van der Waals surface area contributed by atoms with Gasteiger partial charge >= 0.3 is 0 Å². The fraction of sp³-hybridized carbons (Fsp3) is 0.0345. The molecule has 0 aliphatic heterocycles. The number of aryl methyl sites for hydroxylation is 1. The molecule has 0 bridgehead atoms. The molecule has 0 atom stereocenters. The molecule has 5 aromatic rings. The Labute approximate surface area is 182 Å². The van der Waals surface area contributed by atoms with Crippen LogP contribution in [0.25, 0.3) is 44.5 Å². The van der Waals surface area contributed by atoms with Crippen molar-refractivity contribution in [2.24, 2.45) is 0 Å². The Morgan fingerprint density at radius 2 is 0.806 bits per heavy atom. The summed E-state index contributed by atoms with van der Waals surface area (Å²) < 4.78 is 0. The van der Waals surface area contributed by atoms with Crippen molar-refractivity contribution in [2.45, 2.75) is 6.92 Å². The number of benzene rings is 3. The third-order valence-corrected chi connectivity index (χ3v) is 5.50. The molecule has 5 rings (SSSR count). The summed E-state index contributed by atoms with van der Waals surface area (Å²) in [4.78, 5) is 8.44. The highest BCUT2D eigenvalue weighted by atomic mass is 14.6. The molecule has 2 heterocycles. The summed E-state index contributed by atoms with van der Waals surface area (Å²) in [7, 11) is 0. The second-order valence-corrected chi connectivity index (χ2v) is 7.73. The van der Waals surface area contributed by atoms with Crippen molar-refractivity contribution < 1.29 is 0 Å². The Kier molecular flexibility index (Phi) is 5.12. The van der Waals surface area contributed by atoms with Crippen LogP contribution >= 0.6 is 0 Å². The first-order valence-corrected chi connectivity index (χ1v) is 10.4. The van der Waals surface area contributed by atoms with E-state index in [-0.39, 0.29) is 0 Å². The van der Waals surface area contributed by atoms with Crippen molar-refractivity contribution in [3.05, 3.63) is 121 Å². The molecule has 0 fully saturated rings. The minimum atomic E-state index is 1.13. The van der Waals surface area contributed by atoms with E-state index in [2.05, 4.69) is 95.8 Å². The molecule has 2 heteroatoms. The summed E-state index contributed by atoms with van der Waals surface area (Å²) in [5.41, 5.74) is 10.7. The van der Waals surface area contributed by atoms with Gasteiger partial charge in [-0.05, 0) is 75.2 Å². The minimum absolute atomic E-state index is 1.13. The van der Waals surface area contributed by atoms with Crippen LogP contribution in [-0.4, -0.2) is 9.97 Å². The molecule has 3 aromatic carbocycles. The van der Waals surface area contributed by atoms with Crippen LogP contribution in [0.3, 0.4) is 0 Å². The highest BCUT2D eigenvalue weighted by Gasteiger charge is 2.06. The zero-order valence-electron chi connectivity index (χ0n) is 17.4. The van der Waals surface area contributed by atoms with Gasteiger partial charge in [0.2, 0.25) is 0 Å². The number of hydrogen-bond acceptors (Lipinski definition) is 2. The highest BCUT2D eigenvalue weighted by molar-refractivity contribution is 5.77. The zero-order valence-corrected chi connectivity index (χ0v) is 17.4. The van der Waals surface area contributed by atoms with Crippen LogP contribution in [-0.2, 0) is 0 Å². The van der Waals surface area contributed by atoms with Gasteiger partial charge in [-0.1, -0.05) is 72.8 Å². The summed E-state index contributed by atoms with van der Waals surface area (Å²) in [6.45, 7) is 2.15. The van der Waals surface area contributed by atoms with Crippen LogP contribution < -0.4 is 0 Å². The van der Waals surface area contributed by atoms with Crippen LogP contribution in [0.15, 0.2) is 116 Å². The maximum Gasteiger partial charge on any atom is 0.0346 e.